The number of piperazine rings is 2. The first kappa shape index (κ1) is 44.4. The SMILES string of the molecule is O=C(O)[C@@H]1CCCC[C@H]1[NH+]1CC[NH+](Cc2ccccc2)CC1.O=C(O)[C@H]1CCCC[C@@H]1[NH+]1CC[NH+](Cc2ccccc2)CC1.[Cl-].[Cl-].[Cl-].[Cl-]. The number of nitrogens with one attached hydrogen (secondary N) is 4. The quantitative estimate of drug-likeness (QED) is 0.162. The van der Waals surface area contributed by atoms with Gasteiger partial charge in [-0.15, -0.1) is 0 Å². The number of halogens is 4. The van der Waals surface area contributed by atoms with Crippen LogP contribution in [0.2, 0.25) is 0 Å². The van der Waals surface area contributed by atoms with Gasteiger partial charge in [0.05, 0.1) is 0 Å². The van der Waals surface area contributed by atoms with E-state index in [0.29, 0.717) is 12.1 Å². The third-order valence-electron chi connectivity index (χ3n) is 11.0. The van der Waals surface area contributed by atoms with Crippen LogP contribution in [0, 0.1) is 11.8 Å². The van der Waals surface area contributed by atoms with Gasteiger partial charge >= 0.3 is 11.9 Å². The van der Waals surface area contributed by atoms with Crippen molar-refractivity contribution in [1.82, 2.24) is 0 Å². The van der Waals surface area contributed by atoms with Crippen LogP contribution in [-0.4, -0.2) is 86.6 Å². The van der Waals surface area contributed by atoms with Crippen LogP contribution in [0.5, 0.6) is 0 Å². The molecule has 6 rings (SSSR count). The Morgan fingerprint density at radius 3 is 1.12 bits per heavy atom. The highest BCUT2D eigenvalue weighted by molar-refractivity contribution is 5.71. The number of carboxylic acids is 2. The minimum absolute atomic E-state index is 0. The number of quaternary nitrogens is 4. The van der Waals surface area contributed by atoms with Gasteiger partial charge in [0.15, 0.2) is 0 Å². The zero-order valence-corrected chi connectivity index (χ0v) is 31.1. The second-order valence-electron chi connectivity index (χ2n) is 13.8. The molecule has 2 saturated carbocycles. The third-order valence-corrected chi connectivity index (χ3v) is 11.0. The van der Waals surface area contributed by atoms with E-state index in [1.54, 1.807) is 19.6 Å². The Morgan fingerprint density at radius 1 is 0.500 bits per heavy atom. The third kappa shape index (κ3) is 12.9. The van der Waals surface area contributed by atoms with E-state index in [2.05, 4.69) is 60.7 Å². The van der Waals surface area contributed by atoms with Crippen LogP contribution >= 0.6 is 0 Å². The molecular weight excluding hydrogens is 694 g/mol. The summed E-state index contributed by atoms with van der Waals surface area (Å²) >= 11 is 0. The first-order valence-electron chi connectivity index (χ1n) is 17.4. The number of rotatable bonds is 8. The van der Waals surface area contributed by atoms with Crippen molar-refractivity contribution in [2.75, 3.05) is 52.4 Å². The number of aliphatic carboxylic acids is 2. The number of carboxylic acid groups (broad SMARTS) is 2. The average molecular weight is 751 g/mol. The Labute approximate surface area is 312 Å². The molecule has 6 N–H and O–H groups in total. The van der Waals surface area contributed by atoms with E-state index < -0.39 is 11.9 Å². The molecule has 0 bridgehead atoms. The van der Waals surface area contributed by atoms with Gasteiger partial charge in [-0.05, 0) is 25.7 Å². The van der Waals surface area contributed by atoms with Crippen molar-refractivity contribution in [3.8, 4) is 0 Å². The van der Waals surface area contributed by atoms with Crippen LogP contribution in [0.1, 0.15) is 62.5 Å². The maximum Gasteiger partial charge on any atom is 0.312 e. The monoisotopic (exact) mass is 748 g/mol. The Morgan fingerprint density at radius 2 is 0.812 bits per heavy atom. The van der Waals surface area contributed by atoms with E-state index in [1.165, 1.54) is 24.0 Å². The molecule has 8 nitrogen and oxygen atoms in total. The number of hydrogen-bond donors (Lipinski definition) is 6. The molecule has 4 atom stereocenters. The van der Waals surface area contributed by atoms with Crippen molar-refractivity contribution >= 4 is 11.9 Å². The van der Waals surface area contributed by atoms with Crippen molar-refractivity contribution in [3.05, 3.63) is 71.8 Å². The molecule has 2 aromatic carbocycles. The largest absolute Gasteiger partial charge is 1.00 e. The highest BCUT2D eigenvalue weighted by Crippen LogP contribution is 2.24. The lowest BCUT2D eigenvalue weighted by Gasteiger charge is -2.38. The summed E-state index contributed by atoms with van der Waals surface area (Å²) in [6.07, 6.45) is 8.55. The summed E-state index contributed by atoms with van der Waals surface area (Å²) in [4.78, 5) is 29.4. The topological polar surface area (TPSA) is 92.4 Å². The molecule has 0 aromatic heterocycles. The summed E-state index contributed by atoms with van der Waals surface area (Å²) in [6.45, 7) is 11.3. The Kier molecular flexibility index (Phi) is 21.2. The molecule has 48 heavy (non-hydrogen) atoms. The van der Waals surface area contributed by atoms with E-state index in [1.807, 2.05) is 0 Å². The molecular formula is C36H56Cl4N4O4. The maximum absolute atomic E-state index is 11.5. The predicted molar refractivity (Wildman–Crippen MR) is 170 cm³/mol. The van der Waals surface area contributed by atoms with Crippen molar-refractivity contribution in [1.29, 1.82) is 0 Å². The zero-order valence-electron chi connectivity index (χ0n) is 28.0. The number of carbonyl (C=O) groups is 2. The number of hydrogen-bond acceptors (Lipinski definition) is 2. The predicted octanol–water partition coefficient (Wildman–Crippen LogP) is -12.8. The lowest BCUT2D eigenvalue weighted by Crippen LogP contribution is -3.29. The van der Waals surface area contributed by atoms with Crippen molar-refractivity contribution in [3.63, 3.8) is 0 Å². The van der Waals surface area contributed by atoms with Crippen LogP contribution in [-0.2, 0) is 22.7 Å². The van der Waals surface area contributed by atoms with Gasteiger partial charge in [0, 0.05) is 24.0 Å². The molecule has 2 saturated heterocycles. The minimum Gasteiger partial charge on any atom is -1.00 e. The van der Waals surface area contributed by atoms with E-state index in [0.717, 1.165) is 104 Å². The summed E-state index contributed by atoms with van der Waals surface area (Å²) in [5, 5.41) is 18.9. The fourth-order valence-electron chi connectivity index (χ4n) is 8.54. The maximum atomic E-state index is 11.5. The molecule has 2 aliphatic carbocycles. The molecule has 0 amide bonds. The highest BCUT2D eigenvalue weighted by atomic mass is 35.5. The Balaban J connectivity index is 0.000000443. The summed E-state index contributed by atoms with van der Waals surface area (Å²) < 4.78 is 0. The van der Waals surface area contributed by atoms with Gasteiger partial charge in [-0.2, -0.15) is 0 Å². The fourth-order valence-corrected chi connectivity index (χ4v) is 8.54. The molecule has 0 unspecified atom stereocenters. The van der Waals surface area contributed by atoms with Crippen LogP contribution in [0.3, 0.4) is 0 Å². The molecule has 12 heteroatoms. The first-order chi connectivity index (χ1) is 21.5. The van der Waals surface area contributed by atoms with E-state index >= 15 is 0 Å². The molecule has 2 aromatic rings. The van der Waals surface area contributed by atoms with Crippen LogP contribution < -0.4 is 69.2 Å². The van der Waals surface area contributed by atoms with Gasteiger partial charge in [0.25, 0.3) is 0 Å². The minimum atomic E-state index is -0.573. The number of benzene rings is 2. The van der Waals surface area contributed by atoms with Gasteiger partial charge in [-0.3, -0.25) is 9.59 Å². The second-order valence-corrected chi connectivity index (χ2v) is 13.8. The fraction of sp³-hybridized carbons (Fsp3) is 0.611. The first-order valence-corrected chi connectivity index (χ1v) is 17.4. The van der Waals surface area contributed by atoms with Gasteiger partial charge in [0.1, 0.15) is 89.4 Å². The van der Waals surface area contributed by atoms with Crippen LogP contribution in [0.15, 0.2) is 60.7 Å². The summed E-state index contributed by atoms with van der Waals surface area (Å²) in [7, 11) is 0. The van der Waals surface area contributed by atoms with Crippen molar-refractivity contribution in [2.45, 2.75) is 76.5 Å². The smallest absolute Gasteiger partial charge is 0.312 e. The Hall–Kier alpha value is -1.62. The molecule has 4 aliphatic rings. The average Bonchev–Trinajstić information content (AvgIpc) is 3.07. The summed E-state index contributed by atoms with van der Waals surface area (Å²) in [5.74, 6) is -1.37. The normalized spacial score (nSPS) is 29.8. The van der Waals surface area contributed by atoms with Gasteiger partial charge in [-0.25, -0.2) is 0 Å². The molecule has 272 valence electrons. The van der Waals surface area contributed by atoms with Gasteiger partial charge < -0.3 is 79.4 Å². The second kappa shape index (κ2) is 23.0. The zero-order chi connectivity index (χ0) is 30.7. The standard InChI is InChI=1S/2C18H26N2O2.4ClH/c2*21-18(22)16-8-4-5-9-17(16)20-12-10-19(11-13-20)14-15-6-2-1-3-7-15;;;;/h2*1-3,6-7,16-17H,4-5,8-14H2,(H,21,22);4*1H/t2*16-,17-;;;;/m10..../s1. The molecule has 4 fully saturated rings. The van der Waals surface area contributed by atoms with E-state index in [-0.39, 0.29) is 61.5 Å². The van der Waals surface area contributed by atoms with Gasteiger partial charge in [-0.1, -0.05) is 73.5 Å². The van der Waals surface area contributed by atoms with Crippen molar-refractivity contribution in [2.24, 2.45) is 11.8 Å². The highest BCUT2D eigenvalue weighted by Gasteiger charge is 2.41. The lowest BCUT2D eigenvalue weighted by molar-refractivity contribution is -1.03. The summed E-state index contributed by atoms with van der Waals surface area (Å²) in [5.41, 5.74) is 2.81. The van der Waals surface area contributed by atoms with Crippen LogP contribution in [0.25, 0.3) is 0 Å². The molecule has 2 aliphatic heterocycles. The molecule has 2 heterocycles. The van der Waals surface area contributed by atoms with Crippen molar-refractivity contribution < 1.29 is 89.0 Å². The van der Waals surface area contributed by atoms with E-state index in [4.69, 9.17) is 0 Å². The Bertz CT molecular complexity index is 1080. The molecule has 0 radical (unpaired) electrons. The lowest BCUT2D eigenvalue weighted by atomic mass is 9.83. The summed E-state index contributed by atoms with van der Waals surface area (Å²) in [6, 6.07) is 22.1. The van der Waals surface area contributed by atoms with Crippen LogP contribution in [0.4, 0.5) is 0 Å². The van der Waals surface area contributed by atoms with Gasteiger partial charge in [0.2, 0.25) is 0 Å². The van der Waals surface area contributed by atoms with E-state index in [9.17, 15) is 19.8 Å². The molecule has 0 spiro atoms.